The third-order valence-corrected chi connectivity index (χ3v) is 6.19. The van der Waals surface area contributed by atoms with Crippen LogP contribution in [0.5, 0.6) is 5.75 Å². The van der Waals surface area contributed by atoms with E-state index in [1.807, 2.05) is 29.2 Å². The number of halogens is 3. The zero-order chi connectivity index (χ0) is 22.0. The monoisotopic (exact) mass is 434 g/mol. The number of amides is 1. The van der Waals surface area contributed by atoms with E-state index in [0.29, 0.717) is 38.4 Å². The van der Waals surface area contributed by atoms with Gasteiger partial charge in [-0.25, -0.2) is 9.97 Å². The normalized spacial score (nSPS) is 21.2. The van der Waals surface area contributed by atoms with Crippen molar-refractivity contribution in [3.05, 3.63) is 47.8 Å². The van der Waals surface area contributed by atoms with Gasteiger partial charge in [-0.15, -0.1) is 0 Å². The molecule has 2 atom stereocenters. The summed E-state index contributed by atoms with van der Waals surface area (Å²) < 4.78 is 44.2. The minimum absolute atomic E-state index is 0.0183. The molecule has 4 rings (SSSR count). The molecule has 2 fully saturated rings. The van der Waals surface area contributed by atoms with Gasteiger partial charge in [-0.1, -0.05) is 12.1 Å². The van der Waals surface area contributed by atoms with Crippen LogP contribution in [0.4, 0.5) is 19.1 Å². The van der Waals surface area contributed by atoms with Gasteiger partial charge in [0.25, 0.3) is 0 Å². The molecule has 0 bridgehead atoms. The quantitative estimate of drug-likeness (QED) is 0.720. The van der Waals surface area contributed by atoms with Crippen molar-refractivity contribution in [2.45, 2.75) is 37.9 Å². The predicted octanol–water partition coefficient (Wildman–Crippen LogP) is 3.56. The maximum atomic E-state index is 13.0. The Morgan fingerprint density at radius 2 is 1.90 bits per heavy atom. The Morgan fingerprint density at radius 1 is 1.16 bits per heavy atom. The number of benzene rings is 1. The fourth-order valence-corrected chi connectivity index (χ4v) is 4.48. The van der Waals surface area contributed by atoms with E-state index in [9.17, 15) is 18.0 Å². The Bertz CT molecular complexity index is 920. The minimum Gasteiger partial charge on any atom is -0.497 e. The maximum Gasteiger partial charge on any atom is 0.433 e. The van der Waals surface area contributed by atoms with Crippen LogP contribution < -0.4 is 9.64 Å². The van der Waals surface area contributed by atoms with Gasteiger partial charge in [0, 0.05) is 32.3 Å². The van der Waals surface area contributed by atoms with Crippen LogP contribution in [0.25, 0.3) is 0 Å². The molecule has 2 unspecified atom stereocenters. The van der Waals surface area contributed by atoms with E-state index in [4.69, 9.17) is 4.74 Å². The molecule has 1 aromatic heterocycles. The Labute approximate surface area is 179 Å². The number of carbonyl (C=O) groups excluding carboxylic acids is 1. The number of nitrogens with zero attached hydrogens (tertiary/aromatic N) is 4. The zero-order valence-corrected chi connectivity index (χ0v) is 17.3. The van der Waals surface area contributed by atoms with Gasteiger partial charge in [-0.05, 0) is 48.9 Å². The molecule has 6 nitrogen and oxygen atoms in total. The van der Waals surface area contributed by atoms with E-state index in [0.717, 1.165) is 36.4 Å². The molecular weight excluding hydrogens is 409 g/mol. The van der Waals surface area contributed by atoms with E-state index in [1.54, 1.807) is 12.0 Å². The van der Waals surface area contributed by atoms with Crippen molar-refractivity contribution in [2.24, 2.45) is 5.92 Å². The molecule has 2 aliphatic heterocycles. The number of ether oxygens (including phenoxy) is 1. The molecule has 0 saturated carbocycles. The second-order valence-electron chi connectivity index (χ2n) is 8.03. The molecule has 0 spiro atoms. The van der Waals surface area contributed by atoms with E-state index in [2.05, 4.69) is 9.97 Å². The second kappa shape index (κ2) is 8.72. The number of fused-ring (bicyclic) bond motifs is 1. The smallest absolute Gasteiger partial charge is 0.433 e. The second-order valence-corrected chi connectivity index (χ2v) is 8.03. The Hall–Kier alpha value is -2.84. The van der Waals surface area contributed by atoms with Gasteiger partial charge >= 0.3 is 6.18 Å². The first-order chi connectivity index (χ1) is 14.8. The van der Waals surface area contributed by atoms with E-state index in [-0.39, 0.29) is 17.9 Å². The lowest BCUT2D eigenvalue weighted by atomic mass is 9.92. The van der Waals surface area contributed by atoms with Gasteiger partial charge < -0.3 is 14.5 Å². The molecule has 166 valence electrons. The highest BCUT2D eigenvalue weighted by Crippen LogP contribution is 2.34. The fraction of sp³-hybridized carbons (Fsp3) is 0.500. The standard InChI is InChI=1S/C22H25F3N4O2/c1-31-17-5-2-15(3-6-17)4-7-20(30)29-13-10-16-9-12-28(14-18(16)29)21-26-11-8-19(27-21)22(23,24)25/h2-3,5-6,8,11,16,18H,4,7,9-10,12-14H2,1H3. The Kier molecular flexibility index (Phi) is 6.02. The van der Waals surface area contributed by atoms with Crippen molar-refractivity contribution in [3.8, 4) is 5.75 Å². The first kappa shape index (κ1) is 21.4. The summed E-state index contributed by atoms with van der Waals surface area (Å²) >= 11 is 0. The SMILES string of the molecule is COc1ccc(CCC(=O)N2CCC3CCN(c4nccc(C(F)(F)F)n4)CC32)cc1. The van der Waals surface area contributed by atoms with Crippen molar-refractivity contribution in [1.82, 2.24) is 14.9 Å². The van der Waals surface area contributed by atoms with Crippen molar-refractivity contribution < 1.29 is 22.7 Å². The first-order valence-corrected chi connectivity index (χ1v) is 10.4. The number of rotatable bonds is 5. The van der Waals surface area contributed by atoms with Gasteiger partial charge in [-0.3, -0.25) is 4.79 Å². The molecule has 0 radical (unpaired) electrons. The third kappa shape index (κ3) is 4.75. The Balaban J connectivity index is 1.40. The summed E-state index contributed by atoms with van der Waals surface area (Å²) in [6.45, 7) is 1.74. The molecule has 0 aliphatic carbocycles. The lowest BCUT2D eigenvalue weighted by Crippen LogP contribution is -2.50. The highest BCUT2D eigenvalue weighted by atomic mass is 19.4. The number of anilines is 1. The number of hydrogen-bond donors (Lipinski definition) is 0. The molecule has 1 amide bonds. The van der Waals surface area contributed by atoms with Crippen molar-refractivity contribution in [2.75, 3.05) is 31.6 Å². The third-order valence-electron chi connectivity index (χ3n) is 6.19. The van der Waals surface area contributed by atoms with E-state index in [1.165, 1.54) is 0 Å². The average Bonchev–Trinajstić information content (AvgIpc) is 3.20. The summed E-state index contributed by atoms with van der Waals surface area (Å²) in [5, 5.41) is 0. The molecule has 2 aromatic rings. The maximum absolute atomic E-state index is 13.0. The molecule has 2 aliphatic rings. The van der Waals surface area contributed by atoms with Crippen LogP contribution in [0.15, 0.2) is 36.5 Å². The van der Waals surface area contributed by atoms with Crippen LogP contribution >= 0.6 is 0 Å². The van der Waals surface area contributed by atoms with E-state index < -0.39 is 11.9 Å². The zero-order valence-electron chi connectivity index (χ0n) is 17.3. The molecule has 9 heteroatoms. The van der Waals surface area contributed by atoms with Crippen molar-refractivity contribution in [3.63, 3.8) is 0 Å². The van der Waals surface area contributed by atoms with Crippen molar-refractivity contribution >= 4 is 11.9 Å². The molecule has 2 saturated heterocycles. The first-order valence-electron chi connectivity index (χ1n) is 10.4. The highest BCUT2D eigenvalue weighted by molar-refractivity contribution is 5.77. The van der Waals surface area contributed by atoms with Crippen molar-refractivity contribution in [1.29, 1.82) is 0 Å². The van der Waals surface area contributed by atoms with Gasteiger partial charge in [0.15, 0.2) is 0 Å². The number of methoxy groups -OCH3 is 1. The van der Waals surface area contributed by atoms with E-state index >= 15 is 0 Å². The van der Waals surface area contributed by atoms with Crippen LogP contribution in [-0.2, 0) is 17.4 Å². The van der Waals surface area contributed by atoms with Gasteiger partial charge in [0.1, 0.15) is 11.4 Å². The highest BCUT2D eigenvalue weighted by Gasteiger charge is 2.41. The van der Waals surface area contributed by atoms with Crippen LogP contribution in [-0.4, -0.2) is 53.6 Å². The number of likely N-dealkylation sites (tertiary alicyclic amines) is 1. The number of aryl methyl sites for hydroxylation is 1. The number of carbonyl (C=O) groups is 1. The molecule has 3 heterocycles. The predicted molar refractivity (Wildman–Crippen MR) is 109 cm³/mol. The largest absolute Gasteiger partial charge is 0.497 e. The van der Waals surface area contributed by atoms with Gasteiger partial charge in [0.2, 0.25) is 11.9 Å². The Morgan fingerprint density at radius 3 is 2.61 bits per heavy atom. The van der Waals surface area contributed by atoms with Gasteiger partial charge in [-0.2, -0.15) is 13.2 Å². The lowest BCUT2D eigenvalue weighted by Gasteiger charge is -2.38. The lowest BCUT2D eigenvalue weighted by molar-refractivity contribution is -0.141. The number of hydrogen-bond acceptors (Lipinski definition) is 5. The number of alkyl halides is 3. The van der Waals surface area contributed by atoms with Crippen LogP contribution in [0.1, 0.15) is 30.5 Å². The molecule has 0 N–H and O–H groups in total. The topological polar surface area (TPSA) is 58.6 Å². The number of aromatic nitrogens is 2. The summed E-state index contributed by atoms with van der Waals surface area (Å²) in [5.74, 6) is 1.30. The number of piperidine rings is 1. The summed E-state index contributed by atoms with van der Waals surface area (Å²) in [5.41, 5.74) is 0.117. The minimum atomic E-state index is -4.51. The molecule has 1 aromatic carbocycles. The molecular formula is C22H25F3N4O2. The van der Waals surface area contributed by atoms with Gasteiger partial charge in [0.05, 0.1) is 13.2 Å². The summed E-state index contributed by atoms with van der Waals surface area (Å²) in [6.07, 6.45) is -0.591. The van der Waals surface area contributed by atoms with Crippen LogP contribution in [0, 0.1) is 5.92 Å². The molecule has 31 heavy (non-hydrogen) atoms. The summed E-state index contributed by atoms with van der Waals surface area (Å²) in [6, 6.07) is 8.51. The summed E-state index contributed by atoms with van der Waals surface area (Å²) in [7, 11) is 1.61. The average molecular weight is 434 g/mol. The van der Waals surface area contributed by atoms with Crippen LogP contribution in [0.3, 0.4) is 0 Å². The summed E-state index contributed by atoms with van der Waals surface area (Å²) in [4.78, 5) is 24.4. The van der Waals surface area contributed by atoms with Crippen LogP contribution in [0.2, 0.25) is 0 Å². The fourth-order valence-electron chi connectivity index (χ4n) is 4.48.